The van der Waals surface area contributed by atoms with Crippen LogP contribution in [-0.4, -0.2) is 19.4 Å². The fraction of sp³-hybridized carbons (Fsp3) is 0.250. The van der Waals surface area contributed by atoms with Crippen molar-refractivity contribution in [2.24, 2.45) is 0 Å². The van der Waals surface area contributed by atoms with Gasteiger partial charge >= 0.3 is 7.60 Å². The average Bonchev–Trinajstić information content (AvgIpc) is 2.81. The molecule has 0 aliphatic heterocycles. The van der Waals surface area contributed by atoms with Crippen molar-refractivity contribution in [3.8, 4) is 11.3 Å². The van der Waals surface area contributed by atoms with Crippen molar-refractivity contribution in [3.63, 3.8) is 0 Å². The molecule has 0 atom stereocenters. The summed E-state index contributed by atoms with van der Waals surface area (Å²) >= 11 is 6.19. The number of halogens is 1. The Morgan fingerprint density at radius 3 is 2.47 bits per heavy atom. The van der Waals surface area contributed by atoms with Crippen LogP contribution in [0, 0.1) is 0 Å². The molecule has 19 heavy (non-hydrogen) atoms. The topological polar surface area (TPSA) is 61.6 Å². The minimum absolute atomic E-state index is 0.0569. The fourth-order valence-electron chi connectivity index (χ4n) is 1.57. The van der Waals surface area contributed by atoms with Gasteiger partial charge in [0.2, 0.25) is 0 Å². The molecule has 5 nitrogen and oxygen atoms in total. The summed E-state index contributed by atoms with van der Waals surface area (Å²) in [6.07, 6.45) is -0.0569. The lowest BCUT2D eigenvalue weighted by atomic mass is 10.1. The summed E-state index contributed by atoms with van der Waals surface area (Å²) in [4.78, 5) is 0. The number of benzene rings is 1. The van der Waals surface area contributed by atoms with E-state index in [2.05, 4.69) is 5.16 Å². The predicted octanol–water partition coefficient (Wildman–Crippen LogP) is 3.98. The van der Waals surface area contributed by atoms with Crippen LogP contribution in [0.4, 0.5) is 0 Å². The van der Waals surface area contributed by atoms with Crippen molar-refractivity contribution in [1.82, 2.24) is 5.16 Å². The van der Waals surface area contributed by atoms with Gasteiger partial charge in [-0.15, -0.1) is 0 Å². The molecule has 102 valence electrons. The van der Waals surface area contributed by atoms with Gasteiger partial charge in [-0.3, -0.25) is 4.57 Å². The van der Waals surface area contributed by atoms with E-state index in [0.717, 1.165) is 5.56 Å². The molecule has 0 radical (unpaired) electrons. The van der Waals surface area contributed by atoms with Gasteiger partial charge in [0.15, 0.2) is 5.76 Å². The van der Waals surface area contributed by atoms with E-state index in [1.807, 2.05) is 30.3 Å². The van der Waals surface area contributed by atoms with Crippen LogP contribution in [0.15, 0.2) is 34.9 Å². The number of rotatable bonds is 5. The van der Waals surface area contributed by atoms with E-state index in [9.17, 15) is 4.57 Å². The first-order valence-corrected chi connectivity index (χ1v) is 7.60. The number of hydrogen-bond acceptors (Lipinski definition) is 5. The normalized spacial score (nSPS) is 11.7. The third kappa shape index (κ3) is 3.07. The van der Waals surface area contributed by atoms with Crippen LogP contribution in [0.1, 0.15) is 5.76 Å². The maximum Gasteiger partial charge on any atom is 0.337 e. The quantitative estimate of drug-likeness (QED) is 0.782. The van der Waals surface area contributed by atoms with Crippen LogP contribution in [-0.2, 0) is 19.8 Å². The highest BCUT2D eigenvalue weighted by Gasteiger charge is 2.27. The zero-order valence-corrected chi connectivity index (χ0v) is 12.1. The lowest BCUT2D eigenvalue weighted by molar-refractivity contribution is 0.269. The molecule has 0 N–H and O–H groups in total. The van der Waals surface area contributed by atoms with Gasteiger partial charge < -0.3 is 13.6 Å². The molecule has 0 aliphatic carbocycles. The van der Waals surface area contributed by atoms with Crippen LogP contribution < -0.4 is 0 Å². The van der Waals surface area contributed by atoms with Crippen molar-refractivity contribution in [1.29, 1.82) is 0 Å². The minimum atomic E-state index is -3.23. The molecular formula is C12H13ClNO4P. The maximum absolute atomic E-state index is 12.0. The van der Waals surface area contributed by atoms with Crippen molar-refractivity contribution in [2.75, 3.05) is 14.2 Å². The summed E-state index contributed by atoms with van der Waals surface area (Å²) < 4.78 is 26.9. The Balaban J connectivity index is 2.32. The second kappa shape index (κ2) is 5.88. The molecular weight excluding hydrogens is 289 g/mol. The van der Waals surface area contributed by atoms with Crippen LogP contribution in [0.3, 0.4) is 0 Å². The summed E-state index contributed by atoms with van der Waals surface area (Å²) in [6.45, 7) is 0. The number of aromatic nitrogens is 1. The zero-order valence-electron chi connectivity index (χ0n) is 10.5. The summed E-state index contributed by atoms with van der Waals surface area (Å²) in [5, 5.41) is 4.22. The first kappa shape index (κ1) is 14.3. The highest BCUT2D eigenvalue weighted by molar-refractivity contribution is 7.52. The first-order chi connectivity index (χ1) is 9.09. The van der Waals surface area contributed by atoms with E-state index in [-0.39, 0.29) is 11.9 Å². The first-order valence-electron chi connectivity index (χ1n) is 5.49. The minimum Gasteiger partial charge on any atom is -0.358 e. The molecule has 1 aromatic heterocycles. The monoisotopic (exact) mass is 301 g/mol. The van der Waals surface area contributed by atoms with E-state index < -0.39 is 7.60 Å². The van der Waals surface area contributed by atoms with Gasteiger partial charge in [-0.25, -0.2) is 0 Å². The van der Waals surface area contributed by atoms with E-state index in [1.165, 1.54) is 14.2 Å². The Bertz CT molecular complexity index is 591. The second-order valence-corrected chi connectivity index (χ2v) is 6.41. The molecule has 1 heterocycles. The van der Waals surface area contributed by atoms with Crippen molar-refractivity contribution in [3.05, 3.63) is 41.1 Å². The maximum atomic E-state index is 12.0. The van der Waals surface area contributed by atoms with Crippen molar-refractivity contribution >= 4 is 19.2 Å². The Morgan fingerprint density at radius 1 is 1.26 bits per heavy atom. The lowest BCUT2D eigenvalue weighted by Gasteiger charge is -2.11. The van der Waals surface area contributed by atoms with Gasteiger partial charge in [0.05, 0.1) is 0 Å². The van der Waals surface area contributed by atoms with Gasteiger partial charge in [0.25, 0.3) is 0 Å². The molecule has 2 aromatic rings. The number of hydrogen-bond donors (Lipinski definition) is 0. The van der Waals surface area contributed by atoms with Gasteiger partial charge in [0.1, 0.15) is 16.9 Å². The standard InChI is InChI=1S/C12H13ClNO4P/c1-16-19(15,17-2)8-10-11(13)12(14-18-10)9-6-4-3-5-7-9/h3-7H,8H2,1-2H3. The van der Waals surface area contributed by atoms with E-state index >= 15 is 0 Å². The van der Waals surface area contributed by atoms with Crippen LogP contribution in [0.5, 0.6) is 0 Å². The summed E-state index contributed by atoms with van der Waals surface area (Å²) in [5.74, 6) is 0.285. The predicted molar refractivity (Wildman–Crippen MR) is 72.3 cm³/mol. The van der Waals surface area contributed by atoms with Gasteiger partial charge in [-0.1, -0.05) is 47.1 Å². The van der Waals surface area contributed by atoms with Gasteiger partial charge in [-0.05, 0) is 0 Å². The van der Waals surface area contributed by atoms with Crippen LogP contribution in [0.2, 0.25) is 5.02 Å². The van der Waals surface area contributed by atoms with Crippen LogP contribution >= 0.6 is 19.2 Å². The molecule has 0 fully saturated rings. The van der Waals surface area contributed by atoms with E-state index in [0.29, 0.717) is 10.7 Å². The third-order valence-electron chi connectivity index (χ3n) is 2.64. The molecule has 0 unspecified atom stereocenters. The SMILES string of the molecule is COP(=O)(Cc1onc(-c2ccccc2)c1Cl)OC. The molecule has 0 spiro atoms. The van der Waals surface area contributed by atoms with Gasteiger partial charge in [-0.2, -0.15) is 0 Å². The molecule has 0 aliphatic rings. The van der Waals surface area contributed by atoms with Crippen molar-refractivity contribution in [2.45, 2.75) is 6.16 Å². The zero-order chi connectivity index (χ0) is 13.9. The van der Waals surface area contributed by atoms with E-state index in [4.69, 9.17) is 25.2 Å². The molecule has 0 bridgehead atoms. The smallest absolute Gasteiger partial charge is 0.337 e. The fourth-order valence-corrected chi connectivity index (χ4v) is 2.88. The van der Waals surface area contributed by atoms with E-state index in [1.54, 1.807) is 0 Å². The largest absolute Gasteiger partial charge is 0.358 e. The Labute approximate surface area is 116 Å². The summed E-state index contributed by atoms with van der Waals surface area (Å²) in [6, 6.07) is 9.35. The summed E-state index contributed by atoms with van der Waals surface area (Å²) in [5.41, 5.74) is 1.34. The molecule has 2 rings (SSSR count). The third-order valence-corrected chi connectivity index (χ3v) is 4.82. The average molecular weight is 302 g/mol. The Morgan fingerprint density at radius 2 is 1.89 bits per heavy atom. The highest BCUT2D eigenvalue weighted by Crippen LogP contribution is 2.51. The molecule has 0 saturated heterocycles. The number of nitrogens with zero attached hydrogens (tertiary/aromatic N) is 1. The molecule has 0 amide bonds. The lowest BCUT2D eigenvalue weighted by Crippen LogP contribution is -1.92. The Hall–Kier alpha value is -1.13. The summed E-state index contributed by atoms with van der Waals surface area (Å²) in [7, 11) is -0.602. The highest BCUT2D eigenvalue weighted by atomic mass is 35.5. The molecule has 1 aromatic carbocycles. The van der Waals surface area contributed by atoms with Crippen LogP contribution in [0.25, 0.3) is 11.3 Å². The molecule has 0 saturated carbocycles. The second-order valence-electron chi connectivity index (χ2n) is 3.77. The Kier molecular flexibility index (Phi) is 4.42. The van der Waals surface area contributed by atoms with Crippen molar-refractivity contribution < 1.29 is 18.1 Å². The molecule has 7 heteroatoms. The van der Waals surface area contributed by atoms with Gasteiger partial charge in [0, 0.05) is 19.8 Å².